The molecular formula is C37H47N7O8S2. The van der Waals surface area contributed by atoms with E-state index in [2.05, 4.69) is 21.9 Å². The Morgan fingerprint density at radius 3 is 2.46 bits per heavy atom. The largest absolute Gasteiger partial charge is 0.471 e. The second-order valence-electron chi connectivity index (χ2n) is 15.9. The molecule has 4 fully saturated rings. The molecule has 4 aliphatic rings. The van der Waals surface area contributed by atoms with Gasteiger partial charge in [-0.15, -0.1) is 17.9 Å². The number of sulfonamides is 1. The number of nitrogens with one attached hydrogen (secondary N) is 3. The predicted octanol–water partition coefficient (Wildman–Crippen LogP) is 3.80. The van der Waals surface area contributed by atoms with Crippen molar-refractivity contribution in [2.24, 2.45) is 18.4 Å². The lowest BCUT2D eigenvalue weighted by atomic mass is 9.85. The van der Waals surface area contributed by atoms with Gasteiger partial charge in [-0.05, 0) is 67.9 Å². The molecule has 3 aromatic rings. The second kappa shape index (κ2) is 14.3. The standard InChI is InChI=1S/C37H47N7O8S2/c1-6-21-19-37(21,34(47)42-54(49,50)24-13-14-24)41-31(45)26-18-23(51-32-28(27-12-9-17-53-27)39-30-25(38-32)15-16-43(30)5)20-44(26)33(46)29(36(2,3)4)40-35(48)52-22-10-7-8-11-22/h6,9,12,15-17,21-24,26,29H,1,7-8,10-11,13-14,18-20H2,2-5H3,(H,40,48)(H,41,45)(H,42,47)/t21-,23-,26+,29-,37?/m1/s1. The van der Waals surface area contributed by atoms with Gasteiger partial charge in [0.15, 0.2) is 5.65 Å². The smallest absolute Gasteiger partial charge is 0.408 e. The number of rotatable bonds is 12. The second-order valence-corrected chi connectivity index (χ2v) is 18.8. The van der Waals surface area contributed by atoms with E-state index in [0.29, 0.717) is 29.7 Å². The summed E-state index contributed by atoms with van der Waals surface area (Å²) in [6, 6.07) is 3.36. The van der Waals surface area contributed by atoms with Crippen molar-refractivity contribution in [2.75, 3.05) is 6.54 Å². The van der Waals surface area contributed by atoms with Crippen molar-refractivity contribution in [1.29, 1.82) is 0 Å². The molecule has 290 valence electrons. The van der Waals surface area contributed by atoms with Gasteiger partial charge in [0, 0.05) is 25.6 Å². The Morgan fingerprint density at radius 2 is 1.83 bits per heavy atom. The highest BCUT2D eigenvalue weighted by Crippen LogP contribution is 2.46. The normalized spacial score (nSPS) is 24.9. The Labute approximate surface area is 318 Å². The van der Waals surface area contributed by atoms with Crippen LogP contribution in [0.15, 0.2) is 42.4 Å². The summed E-state index contributed by atoms with van der Waals surface area (Å²) in [6.45, 7) is 9.15. The molecule has 1 unspecified atom stereocenters. The highest BCUT2D eigenvalue weighted by molar-refractivity contribution is 7.91. The summed E-state index contributed by atoms with van der Waals surface area (Å²) in [6.07, 6.45) is 6.15. The fourth-order valence-corrected chi connectivity index (χ4v) is 9.45. The molecular weight excluding hydrogens is 735 g/mol. The van der Waals surface area contributed by atoms with E-state index in [9.17, 15) is 27.6 Å². The first-order chi connectivity index (χ1) is 25.6. The minimum absolute atomic E-state index is 0.0101. The van der Waals surface area contributed by atoms with Crippen LogP contribution in [0.25, 0.3) is 21.7 Å². The van der Waals surface area contributed by atoms with Crippen LogP contribution >= 0.6 is 11.3 Å². The van der Waals surface area contributed by atoms with Crippen LogP contribution in [0, 0.1) is 11.3 Å². The highest BCUT2D eigenvalue weighted by atomic mass is 32.2. The van der Waals surface area contributed by atoms with Crippen LogP contribution in [0.3, 0.4) is 0 Å². The van der Waals surface area contributed by atoms with Crippen LogP contribution in [0.2, 0.25) is 0 Å². The molecule has 5 atom stereocenters. The number of alkyl carbamates (subject to hydrolysis) is 1. The zero-order valence-electron chi connectivity index (χ0n) is 30.9. The first kappa shape index (κ1) is 37.8. The van der Waals surface area contributed by atoms with Crippen molar-refractivity contribution in [3.63, 3.8) is 0 Å². The highest BCUT2D eigenvalue weighted by Gasteiger charge is 2.62. The molecule has 3 N–H and O–H groups in total. The lowest BCUT2D eigenvalue weighted by molar-refractivity contribution is -0.143. The molecule has 4 heterocycles. The topological polar surface area (TPSA) is 191 Å². The Hall–Kier alpha value is -4.51. The molecule has 4 amide bonds. The fourth-order valence-electron chi connectivity index (χ4n) is 7.38. The first-order valence-electron chi connectivity index (χ1n) is 18.4. The summed E-state index contributed by atoms with van der Waals surface area (Å²) in [5.74, 6) is -2.33. The van der Waals surface area contributed by atoms with Crippen molar-refractivity contribution in [1.82, 2.24) is 34.8 Å². The molecule has 0 bridgehead atoms. The van der Waals surface area contributed by atoms with Crippen molar-refractivity contribution >= 4 is 56.3 Å². The number of ether oxygens (including phenoxy) is 2. The molecule has 15 nitrogen and oxygen atoms in total. The minimum atomic E-state index is -3.90. The van der Waals surface area contributed by atoms with Gasteiger partial charge in [0.2, 0.25) is 27.7 Å². The Morgan fingerprint density at radius 1 is 1.09 bits per heavy atom. The molecule has 0 radical (unpaired) electrons. The van der Waals surface area contributed by atoms with Crippen molar-refractivity contribution in [3.8, 4) is 16.5 Å². The average Bonchev–Trinajstić information content (AvgIpc) is 3.76. The van der Waals surface area contributed by atoms with Crippen LogP contribution in [0.1, 0.15) is 72.1 Å². The number of amides is 4. The summed E-state index contributed by atoms with van der Waals surface area (Å²) >= 11 is 1.47. The Kier molecular flexibility index (Phi) is 10.00. The molecule has 1 saturated heterocycles. The van der Waals surface area contributed by atoms with Crippen molar-refractivity contribution in [2.45, 2.75) is 107 Å². The number of carbonyl (C=O) groups excluding carboxylic acids is 4. The van der Waals surface area contributed by atoms with Crippen molar-refractivity contribution < 1.29 is 37.1 Å². The van der Waals surface area contributed by atoms with E-state index in [1.165, 1.54) is 22.3 Å². The summed E-state index contributed by atoms with van der Waals surface area (Å²) in [4.78, 5) is 67.5. The zero-order chi connectivity index (χ0) is 38.6. The maximum absolute atomic E-state index is 14.6. The number of aromatic nitrogens is 3. The van der Waals surface area contributed by atoms with Crippen LogP contribution in [0.5, 0.6) is 5.88 Å². The third kappa shape index (κ3) is 7.56. The molecule has 17 heteroatoms. The van der Waals surface area contributed by atoms with Crippen LogP contribution < -0.4 is 20.1 Å². The van der Waals surface area contributed by atoms with Gasteiger partial charge < -0.3 is 29.6 Å². The van der Waals surface area contributed by atoms with E-state index in [4.69, 9.17) is 19.4 Å². The summed E-state index contributed by atoms with van der Waals surface area (Å²) in [5, 5.41) is 6.86. The van der Waals surface area contributed by atoms with Gasteiger partial charge in [0.1, 0.15) is 41.0 Å². The van der Waals surface area contributed by atoms with E-state index >= 15 is 0 Å². The number of likely N-dealkylation sites (tertiary alicyclic amines) is 1. The molecule has 7 rings (SSSR count). The van der Waals surface area contributed by atoms with E-state index < -0.39 is 74.1 Å². The summed E-state index contributed by atoms with van der Waals surface area (Å²) in [7, 11) is -2.03. The van der Waals surface area contributed by atoms with Gasteiger partial charge in [-0.2, -0.15) is 0 Å². The number of thiophene rings is 1. The Bertz CT molecular complexity index is 2070. The number of aryl methyl sites for hydroxylation is 1. The maximum Gasteiger partial charge on any atom is 0.408 e. The van der Waals surface area contributed by atoms with Gasteiger partial charge >= 0.3 is 6.09 Å². The van der Waals surface area contributed by atoms with Gasteiger partial charge in [0.25, 0.3) is 5.91 Å². The van der Waals surface area contributed by atoms with E-state index in [1.54, 1.807) is 20.8 Å². The van der Waals surface area contributed by atoms with E-state index in [0.717, 1.165) is 30.6 Å². The summed E-state index contributed by atoms with van der Waals surface area (Å²) in [5.41, 5.74) is -0.595. The first-order valence-corrected chi connectivity index (χ1v) is 20.8. The molecule has 3 aliphatic carbocycles. The number of carbonyl (C=O) groups is 4. The van der Waals surface area contributed by atoms with E-state index in [-0.39, 0.29) is 31.4 Å². The molecule has 3 aromatic heterocycles. The quantitative estimate of drug-likeness (QED) is 0.228. The predicted molar refractivity (Wildman–Crippen MR) is 201 cm³/mol. The van der Waals surface area contributed by atoms with Crippen molar-refractivity contribution in [3.05, 3.63) is 42.4 Å². The van der Waals surface area contributed by atoms with Gasteiger partial charge in [-0.3, -0.25) is 19.1 Å². The molecule has 3 saturated carbocycles. The Balaban J connectivity index is 1.18. The van der Waals surface area contributed by atoms with Crippen LogP contribution in [-0.2, 0) is 36.2 Å². The van der Waals surface area contributed by atoms with Crippen LogP contribution in [0.4, 0.5) is 4.79 Å². The molecule has 1 aliphatic heterocycles. The fraction of sp³-hybridized carbons (Fsp3) is 0.568. The zero-order valence-corrected chi connectivity index (χ0v) is 32.5. The van der Waals surface area contributed by atoms with Gasteiger partial charge in [-0.25, -0.2) is 23.2 Å². The summed E-state index contributed by atoms with van der Waals surface area (Å²) < 4.78 is 41.7. The lowest BCUT2D eigenvalue weighted by Crippen LogP contribution is -2.60. The number of hydrogen-bond donors (Lipinski definition) is 3. The SMILES string of the molecule is C=C[C@@H]1CC1(NC(=O)[C@@H]1C[C@@H](Oc2nc3ccn(C)c3nc2-c2cccs2)CN1C(=O)[C@@H](NC(=O)OC1CCCC1)C(C)(C)C)C(=O)NS(=O)(=O)C1CC1. The monoisotopic (exact) mass is 781 g/mol. The number of nitrogens with zero attached hydrogens (tertiary/aromatic N) is 4. The number of hydrogen-bond acceptors (Lipinski definition) is 11. The van der Waals surface area contributed by atoms with Gasteiger partial charge in [0.05, 0.1) is 16.7 Å². The maximum atomic E-state index is 14.6. The molecule has 0 aromatic carbocycles. The molecule has 0 spiro atoms. The van der Waals surface area contributed by atoms with Gasteiger partial charge in [-0.1, -0.05) is 32.9 Å². The lowest BCUT2D eigenvalue weighted by Gasteiger charge is -2.35. The minimum Gasteiger partial charge on any atom is -0.471 e. The third-order valence-electron chi connectivity index (χ3n) is 10.7. The third-order valence-corrected chi connectivity index (χ3v) is 13.4. The average molecular weight is 782 g/mol. The van der Waals surface area contributed by atoms with E-state index in [1.807, 2.05) is 41.4 Å². The van der Waals surface area contributed by atoms with Crippen LogP contribution in [-0.4, -0.2) is 93.3 Å². The number of fused-ring (bicyclic) bond motifs is 1. The molecule has 54 heavy (non-hydrogen) atoms.